The van der Waals surface area contributed by atoms with Gasteiger partial charge in [0.2, 0.25) is 0 Å². The molecular weight excluding hydrogens is 288 g/mol. The van der Waals surface area contributed by atoms with Crippen LogP contribution in [-0.2, 0) is 4.74 Å². The number of nitrogens with two attached hydrogens (primary N) is 1. The Bertz CT molecular complexity index is 509. The lowest BCUT2D eigenvalue weighted by Gasteiger charge is -2.26. The van der Waals surface area contributed by atoms with Gasteiger partial charge < -0.3 is 20.7 Å². The van der Waals surface area contributed by atoms with Crippen molar-refractivity contribution < 1.29 is 9.53 Å². The van der Waals surface area contributed by atoms with E-state index in [1.807, 2.05) is 7.05 Å². The number of hydrogen-bond acceptors (Lipinski definition) is 6. The molecule has 1 atom stereocenters. The average Bonchev–Trinajstić information content (AvgIpc) is 3.21. The summed E-state index contributed by atoms with van der Waals surface area (Å²) in [6.07, 6.45) is 4.53. The van der Waals surface area contributed by atoms with Crippen LogP contribution >= 0.6 is 11.3 Å². The summed E-state index contributed by atoms with van der Waals surface area (Å²) in [5.41, 5.74) is 5.90. The summed E-state index contributed by atoms with van der Waals surface area (Å²) in [6, 6.07) is 0.510. The van der Waals surface area contributed by atoms with E-state index in [0.717, 1.165) is 31.2 Å². The highest BCUT2D eigenvalue weighted by atomic mass is 32.1. The lowest BCUT2D eigenvalue weighted by molar-refractivity contribution is 0.0390. The highest BCUT2D eigenvalue weighted by Crippen LogP contribution is 2.31. The first-order valence-corrected chi connectivity index (χ1v) is 8.31. The van der Waals surface area contributed by atoms with E-state index in [0.29, 0.717) is 29.2 Å². The highest BCUT2D eigenvalue weighted by molar-refractivity contribution is 7.18. The Morgan fingerprint density at radius 2 is 2.33 bits per heavy atom. The second-order valence-corrected chi connectivity index (χ2v) is 6.92. The maximum atomic E-state index is 12.5. The van der Waals surface area contributed by atoms with Gasteiger partial charge in [-0.2, -0.15) is 0 Å². The van der Waals surface area contributed by atoms with E-state index in [1.54, 1.807) is 4.90 Å². The van der Waals surface area contributed by atoms with Crippen molar-refractivity contribution in [2.24, 2.45) is 5.92 Å². The van der Waals surface area contributed by atoms with Crippen molar-refractivity contribution in [2.45, 2.75) is 31.7 Å². The van der Waals surface area contributed by atoms with Crippen molar-refractivity contribution in [3.05, 3.63) is 4.88 Å². The molecule has 2 heterocycles. The number of thiazole rings is 1. The molecule has 1 amide bonds. The van der Waals surface area contributed by atoms with Crippen LogP contribution in [0.25, 0.3) is 0 Å². The smallest absolute Gasteiger partial charge is 0.267 e. The fraction of sp³-hybridized carbons (Fsp3) is 0.714. The van der Waals surface area contributed by atoms with Gasteiger partial charge in [-0.3, -0.25) is 4.79 Å². The fourth-order valence-corrected chi connectivity index (χ4v) is 3.50. The fourth-order valence-electron chi connectivity index (χ4n) is 2.54. The van der Waals surface area contributed by atoms with Crippen LogP contribution in [0.4, 0.5) is 10.9 Å². The topological polar surface area (TPSA) is 80.5 Å². The van der Waals surface area contributed by atoms with Gasteiger partial charge in [0.05, 0.1) is 6.61 Å². The Morgan fingerprint density at radius 1 is 1.52 bits per heavy atom. The van der Waals surface area contributed by atoms with Crippen LogP contribution < -0.4 is 11.1 Å². The summed E-state index contributed by atoms with van der Waals surface area (Å²) >= 11 is 1.36. The zero-order valence-corrected chi connectivity index (χ0v) is 13.1. The molecule has 1 saturated carbocycles. The van der Waals surface area contributed by atoms with Crippen molar-refractivity contribution in [1.82, 2.24) is 9.88 Å². The van der Waals surface area contributed by atoms with Gasteiger partial charge in [0, 0.05) is 26.2 Å². The van der Waals surface area contributed by atoms with Crippen LogP contribution in [-0.4, -0.2) is 48.6 Å². The zero-order valence-electron chi connectivity index (χ0n) is 12.3. The minimum atomic E-state index is -0.0422. The first-order chi connectivity index (χ1) is 10.1. The molecular formula is C14H22N4O2S. The van der Waals surface area contributed by atoms with E-state index in [9.17, 15) is 4.79 Å². The molecule has 1 aliphatic heterocycles. The molecule has 7 heteroatoms. The van der Waals surface area contributed by atoms with Crippen LogP contribution in [0, 0.1) is 5.92 Å². The molecule has 0 bridgehead atoms. The van der Waals surface area contributed by atoms with Crippen molar-refractivity contribution in [3.63, 3.8) is 0 Å². The molecule has 0 spiro atoms. The third-order valence-electron chi connectivity index (χ3n) is 3.89. The Hall–Kier alpha value is -1.34. The zero-order chi connectivity index (χ0) is 14.8. The third-order valence-corrected chi connectivity index (χ3v) is 4.88. The van der Waals surface area contributed by atoms with Crippen molar-refractivity contribution in [2.75, 3.05) is 37.9 Å². The van der Waals surface area contributed by atoms with Crippen LogP contribution in [0.15, 0.2) is 0 Å². The number of nitrogens with zero attached hydrogens (tertiary/aromatic N) is 2. The van der Waals surface area contributed by atoms with Crippen LogP contribution in [0.2, 0.25) is 0 Å². The first kappa shape index (κ1) is 14.6. The molecule has 3 N–H and O–H groups in total. The molecule has 21 heavy (non-hydrogen) atoms. The molecule has 0 radical (unpaired) electrons. The van der Waals surface area contributed by atoms with Crippen molar-refractivity contribution >= 4 is 28.2 Å². The number of nitrogen functional groups attached to an aromatic ring is 1. The van der Waals surface area contributed by atoms with Crippen LogP contribution in [0.3, 0.4) is 0 Å². The van der Waals surface area contributed by atoms with Gasteiger partial charge in [0.25, 0.3) is 5.91 Å². The molecule has 1 unspecified atom stereocenters. The number of carbonyl (C=O) groups is 1. The number of carbonyl (C=O) groups excluding carboxylic acids is 1. The Kier molecular flexibility index (Phi) is 4.30. The molecule has 1 aromatic heterocycles. The molecule has 2 aliphatic rings. The van der Waals surface area contributed by atoms with E-state index in [4.69, 9.17) is 10.5 Å². The number of ether oxygens (including phenoxy) is 1. The van der Waals surface area contributed by atoms with E-state index < -0.39 is 0 Å². The monoisotopic (exact) mass is 310 g/mol. The molecule has 6 nitrogen and oxygen atoms in total. The summed E-state index contributed by atoms with van der Waals surface area (Å²) in [6.45, 7) is 2.29. The molecule has 116 valence electrons. The predicted octanol–water partition coefficient (Wildman–Crippen LogP) is 1.80. The number of rotatable bonds is 5. The second kappa shape index (κ2) is 6.19. The Morgan fingerprint density at radius 3 is 3.00 bits per heavy atom. The van der Waals surface area contributed by atoms with E-state index in [-0.39, 0.29) is 5.91 Å². The average molecular weight is 310 g/mol. The lowest BCUT2D eigenvalue weighted by Crippen LogP contribution is -2.35. The summed E-state index contributed by atoms with van der Waals surface area (Å²) in [4.78, 5) is 19.0. The van der Waals surface area contributed by atoms with Crippen LogP contribution in [0.1, 0.15) is 35.4 Å². The Labute approximate surface area is 128 Å². The van der Waals surface area contributed by atoms with Gasteiger partial charge in [0.1, 0.15) is 10.7 Å². The summed E-state index contributed by atoms with van der Waals surface area (Å²) < 4.78 is 5.46. The minimum Gasteiger partial charge on any atom is -0.382 e. The Balaban J connectivity index is 1.61. The summed E-state index contributed by atoms with van der Waals surface area (Å²) in [5.74, 6) is 0.713. The van der Waals surface area contributed by atoms with Crippen molar-refractivity contribution in [3.8, 4) is 0 Å². The molecule has 2 fully saturated rings. The maximum absolute atomic E-state index is 12.5. The van der Waals surface area contributed by atoms with E-state index in [2.05, 4.69) is 10.3 Å². The maximum Gasteiger partial charge on any atom is 0.267 e. The standard InChI is InChI=1S/C14H22N4O2S/c1-18(7-9-3-2-6-20-8-9)13(19)11-12(15)17-14(21-11)16-10-4-5-10/h9-10H,2-8,15H2,1H3,(H,16,17). The second-order valence-electron chi connectivity index (χ2n) is 5.92. The van der Waals surface area contributed by atoms with Gasteiger partial charge in [0.15, 0.2) is 5.13 Å². The minimum absolute atomic E-state index is 0.0422. The number of amides is 1. The number of anilines is 2. The van der Waals surface area contributed by atoms with E-state index >= 15 is 0 Å². The van der Waals surface area contributed by atoms with Gasteiger partial charge in [-0.05, 0) is 31.6 Å². The molecule has 0 aromatic carbocycles. The van der Waals surface area contributed by atoms with Crippen LogP contribution in [0.5, 0.6) is 0 Å². The van der Waals surface area contributed by atoms with Gasteiger partial charge in [-0.15, -0.1) is 0 Å². The normalized spacial score (nSPS) is 22.0. The summed E-state index contributed by atoms with van der Waals surface area (Å²) in [7, 11) is 1.82. The lowest BCUT2D eigenvalue weighted by atomic mass is 10.0. The first-order valence-electron chi connectivity index (χ1n) is 7.49. The third kappa shape index (κ3) is 3.65. The number of aromatic nitrogens is 1. The quantitative estimate of drug-likeness (QED) is 0.867. The SMILES string of the molecule is CN(CC1CCCOC1)C(=O)c1sc(NC2CC2)nc1N. The number of hydrogen-bond donors (Lipinski definition) is 2. The molecule has 3 rings (SSSR count). The summed E-state index contributed by atoms with van der Waals surface area (Å²) in [5, 5.41) is 4.05. The van der Waals surface area contributed by atoms with E-state index in [1.165, 1.54) is 24.2 Å². The molecule has 1 aliphatic carbocycles. The highest BCUT2D eigenvalue weighted by Gasteiger charge is 2.26. The molecule has 1 saturated heterocycles. The largest absolute Gasteiger partial charge is 0.382 e. The molecule has 1 aromatic rings. The van der Waals surface area contributed by atoms with Crippen molar-refractivity contribution in [1.29, 1.82) is 0 Å². The van der Waals surface area contributed by atoms with Gasteiger partial charge in [-0.25, -0.2) is 4.98 Å². The van der Waals surface area contributed by atoms with Gasteiger partial charge >= 0.3 is 0 Å². The van der Waals surface area contributed by atoms with Gasteiger partial charge in [-0.1, -0.05) is 11.3 Å². The number of nitrogens with one attached hydrogen (secondary N) is 1. The predicted molar refractivity (Wildman–Crippen MR) is 83.7 cm³/mol.